The first-order valence-corrected chi connectivity index (χ1v) is 8.05. The molecule has 1 aromatic heterocycles. The molecule has 0 saturated heterocycles. The van der Waals surface area contributed by atoms with Gasteiger partial charge in [-0.05, 0) is 44.0 Å². The average Bonchev–Trinajstić information content (AvgIpc) is 2.88. The Labute approximate surface area is 136 Å². The van der Waals surface area contributed by atoms with Gasteiger partial charge in [-0.25, -0.2) is 9.37 Å². The summed E-state index contributed by atoms with van der Waals surface area (Å²) < 4.78 is 18.6. The lowest BCUT2D eigenvalue weighted by Gasteiger charge is -2.20. The highest BCUT2D eigenvalue weighted by molar-refractivity contribution is 5.78. The van der Waals surface area contributed by atoms with Crippen LogP contribution in [0.25, 0.3) is 11.5 Å². The van der Waals surface area contributed by atoms with E-state index in [0.29, 0.717) is 22.9 Å². The highest BCUT2D eigenvalue weighted by Crippen LogP contribution is 2.22. The predicted molar refractivity (Wildman–Crippen MR) is 87.5 cm³/mol. The Bertz CT molecular complexity index is 644. The van der Waals surface area contributed by atoms with Crippen LogP contribution in [-0.4, -0.2) is 28.9 Å². The number of nitrogens with zero attached hydrogens (tertiary/aromatic N) is 2. The normalized spacial score (nSPS) is 10.8. The van der Waals surface area contributed by atoms with Crippen LogP contribution in [-0.2, 0) is 11.2 Å². The molecule has 0 atom stereocenters. The number of oxazole rings is 1. The fourth-order valence-electron chi connectivity index (χ4n) is 2.46. The maximum Gasteiger partial charge on any atom is 0.228 e. The maximum absolute atomic E-state index is 13.0. The zero-order valence-electron chi connectivity index (χ0n) is 13.9. The van der Waals surface area contributed by atoms with Crippen molar-refractivity contribution in [1.82, 2.24) is 9.88 Å². The molecule has 0 aliphatic heterocycles. The molecule has 0 N–H and O–H groups in total. The van der Waals surface area contributed by atoms with E-state index in [0.717, 1.165) is 25.9 Å². The third-order valence-electron chi connectivity index (χ3n) is 3.64. The summed E-state index contributed by atoms with van der Waals surface area (Å²) in [5.41, 5.74) is 1.35. The smallest absolute Gasteiger partial charge is 0.228 e. The molecular weight excluding hydrogens is 295 g/mol. The molecule has 0 bridgehead atoms. The lowest BCUT2D eigenvalue weighted by Crippen LogP contribution is -2.33. The van der Waals surface area contributed by atoms with Gasteiger partial charge in [0.25, 0.3) is 0 Å². The molecule has 1 heterocycles. The molecule has 23 heavy (non-hydrogen) atoms. The summed E-state index contributed by atoms with van der Waals surface area (Å²) in [4.78, 5) is 18.7. The number of aryl methyl sites for hydroxylation is 1. The van der Waals surface area contributed by atoms with E-state index in [2.05, 4.69) is 18.8 Å². The van der Waals surface area contributed by atoms with Gasteiger partial charge in [-0.3, -0.25) is 4.79 Å². The van der Waals surface area contributed by atoms with Crippen molar-refractivity contribution in [2.24, 2.45) is 0 Å². The van der Waals surface area contributed by atoms with Crippen LogP contribution in [0.1, 0.15) is 38.1 Å². The van der Waals surface area contributed by atoms with Crippen LogP contribution in [0.15, 0.2) is 28.7 Å². The van der Waals surface area contributed by atoms with Crippen molar-refractivity contribution >= 4 is 5.91 Å². The van der Waals surface area contributed by atoms with Crippen LogP contribution in [0, 0.1) is 12.7 Å². The monoisotopic (exact) mass is 318 g/mol. The Kier molecular flexibility index (Phi) is 5.90. The fourth-order valence-corrected chi connectivity index (χ4v) is 2.46. The zero-order chi connectivity index (χ0) is 16.8. The summed E-state index contributed by atoms with van der Waals surface area (Å²) in [6.07, 6.45) is 2.10. The summed E-state index contributed by atoms with van der Waals surface area (Å²) in [7, 11) is 0. The Hall–Kier alpha value is -2.17. The minimum Gasteiger partial charge on any atom is -0.441 e. The molecule has 2 aromatic rings. The van der Waals surface area contributed by atoms with Gasteiger partial charge in [-0.1, -0.05) is 13.8 Å². The minimum absolute atomic E-state index is 0.0655. The third-order valence-corrected chi connectivity index (χ3v) is 3.64. The second-order valence-electron chi connectivity index (χ2n) is 5.59. The number of hydrogen-bond donors (Lipinski definition) is 0. The molecular formula is C18H23FN2O2. The van der Waals surface area contributed by atoms with E-state index in [4.69, 9.17) is 4.42 Å². The van der Waals surface area contributed by atoms with Gasteiger partial charge in [0.2, 0.25) is 11.8 Å². The van der Waals surface area contributed by atoms with Crippen molar-refractivity contribution in [2.45, 2.75) is 40.0 Å². The number of hydrogen-bond acceptors (Lipinski definition) is 3. The second-order valence-corrected chi connectivity index (χ2v) is 5.59. The summed E-state index contributed by atoms with van der Waals surface area (Å²) in [5, 5.41) is 0. The Morgan fingerprint density at radius 2 is 1.78 bits per heavy atom. The van der Waals surface area contributed by atoms with E-state index in [1.54, 1.807) is 19.1 Å². The third kappa shape index (κ3) is 4.41. The van der Waals surface area contributed by atoms with Crippen LogP contribution in [0.2, 0.25) is 0 Å². The molecule has 0 radical (unpaired) electrons. The van der Waals surface area contributed by atoms with Crippen LogP contribution in [0.5, 0.6) is 0 Å². The number of carbonyl (C=O) groups is 1. The minimum atomic E-state index is -0.304. The lowest BCUT2D eigenvalue weighted by molar-refractivity contribution is -0.130. The second kappa shape index (κ2) is 7.90. The van der Waals surface area contributed by atoms with Gasteiger partial charge in [0.05, 0.1) is 12.1 Å². The Morgan fingerprint density at radius 3 is 2.35 bits per heavy atom. The van der Waals surface area contributed by atoms with Gasteiger partial charge in [0.15, 0.2) is 0 Å². The molecule has 1 amide bonds. The van der Waals surface area contributed by atoms with Crippen LogP contribution in [0.3, 0.4) is 0 Å². The van der Waals surface area contributed by atoms with Crippen molar-refractivity contribution in [3.8, 4) is 11.5 Å². The van der Waals surface area contributed by atoms with Crippen molar-refractivity contribution in [3.63, 3.8) is 0 Å². The molecule has 0 fully saturated rings. The van der Waals surface area contributed by atoms with E-state index in [9.17, 15) is 9.18 Å². The first-order valence-electron chi connectivity index (χ1n) is 8.05. The predicted octanol–water partition coefficient (Wildman–Crippen LogP) is 3.98. The molecule has 1 aromatic carbocycles. The Balaban J connectivity index is 2.14. The number of carbonyl (C=O) groups excluding carboxylic acids is 1. The first-order chi connectivity index (χ1) is 11.0. The van der Waals surface area contributed by atoms with Gasteiger partial charge >= 0.3 is 0 Å². The number of amides is 1. The highest BCUT2D eigenvalue weighted by atomic mass is 19.1. The summed E-state index contributed by atoms with van der Waals surface area (Å²) in [6.45, 7) is 7.43. The molecule has 5 heteroatoms. The summed E-state index contributed by atoms with van der Waals surface area (Å²) >= 11 is 0. The van der Waals surface area contributed by atoms with Gasteiger partial charge in [0.1, 0.15) is 11.6 Å². The molecule has 0 aliphatic carbocycles. The summed E-state index contributed by atoms with van der Waals surface area (Å²) in [6, 6.07) is 5.97. The van der Waals surface area contributed by atoms with E-state index < -0.39 is 0 Å². The van der Waals surface area contributed by atoms with E-state index >= 15 is 0 Å². The van der Waals surface area contributed by atoms with Crippen molar-refractivity contribution in [3.05, 3.63) is 41.5 Å². The largest absolute Gasteiger partial charge is 0.441 e. The van der Waals surface area contributed by atoms with Crippen molar-refractivity contribution in [2.75, 3.05) is 13.1 Å². The van der Waals surface area contributed by atoms with Gasteiger partial charge in [0, 0.05) is 18.7 Å². The van der Waals surface area contributed by atoms with Crippen LogP contribution in [0.4, 0.5) is 4.39 Å². The average molecular weight is 318 g/mol. The van der Waals surface area contributed by atoms with E-state index in [1.165, 1.54) is 12.1 Å². The van der Waals surface area contributed by atoms with Crippen molar-refractivity contribution < 1.29 is 13.6 Å². The van der Waals surface area contributed by atoms with Crippen molar-refractivity contribution in [1.29, 1.82) is 0 Å². The quantitative estimate of drug-likeness (QED) is 0.775. The molecule has 124 valence electrons. The van der Waals surface area contributed by atoms with Gasteiger partial charge in [-0.15, -0.1) is 0 Å². The zero-order valence-corrected chi connectivity index (χ0v) is 13.9. The number of benzene rings is 1. The maximum atomic E-state index is 13.0. The topological polar surface area (TPSA) is 46.3 Å². The van der Waals surface area contributed by atoms with E-state index in [-0.39, 0.29) is 18.1 Å². The fraction of sp³-hybridized carbons (Fsp3) is 0.444. The lowest BCUT2D eigenvalue weighted by atomic mass is 10.2. The first kappa shape index (κ1) is 17.2. The molecule has 2 rings (SSSR count). The van der Waals surface area contributed by atoms with E-state index in [1.807, 2.05) is 4.90 Å². The van der Waals surface area contributed by atoms with Crippen LogP contribution >= 0.6 is 0 Å². The number of aromatic nitrogens is 1. The number of rotatable bonds is 7. The summed E-state index contributed by atoms with van der Waals surface area (Å²) in [5.74, 6) is 0.811. The molecule has 0 aliphatic rings. The standard InChI is InChI=1S/C18H23FN2O2/c1-4-10-21(11-5-2)17(22)12-16-13(3)23-18(20-16)14-6-8-15(19)9-7-14/h6-9H,4-5,10-12H2,1-3H3. The molecule has 4 nitrogen and oxygen atoms in total. The highest BCUT2D eigenvalue weighted by Gasteiger charge is 2.18. The number of halogens is 1. The molecule has 0 spiro atoms. The van der Waals surface area contributed by atoms with Crippen LogP contribution < -0.4 is 0 Å². The van der Waals surface area contributed by atoms with Gasteiger partial charge in [-0.2, -0.15) is 0 Å². The molecule has 0 unspecified atom stereocenters. The Morgan fingerprint density at radius 1 is 1.17 bits per heavy atom. The SMILES string of the molecule is CCCN(CCC)C(=O)Cc1nc(-c2ccc(F)cc2)oc1C. The van der Waals surface area contributed by atoms with Gasteiger partial charge < -0.3 is 9.32 Å². The molecule has 0 saturated carbocycles.